The fraction of sp³-hybridized carbons (Fsp3) is 0.600. The molecule has 3 unspecified atom stereocenters. The van der Waals surface area contributed by atoms with Crippen molar-refractivity contribution in [2.45, 2.75) is 75.3 Å². The van der Waals surface area contributed by atoms with Crippen LogP contribution in [0.5, 0.6) is 5.88 Å². The summed E-state index contributed by atoms with van der Waals surface area (Å²) in [5.74, 6) is -3.16. The number of methoxy groups -OCH3 is 1. The second-order valence-electron chi connectivity index (χ2n) is 9.50. The van der Waals surface area contributed by atoms with E-state index < -0.39 is 67.3 Å². The van der Waals surface area contributed by atoms with Crippen molar-refractivity contribution >= 4 is 6.16 Å². The summed E-state index contributed by atoms with van der Waals surface area (Å²) >= 11 is 0. The fourth-order valence-corrected chi connectivity index (χ4v) is 4.48. The molecule has 210 valence electrons. The highest BCUT2D eigenvalue weighted by atomic mass is 19.4. The first-order valence-electron chi connectivity index (χ1n) is 12.3. The molecule has 1 aliphatic carbocycles. The van der Waals surface area contributed by atoms with Crippen molar-refractivity contribution in [2.24, 2.45) is 0 Å². The molecule has 2 aliphatic rings. The van der Waals surface area contributed by atoms with Crippen LogP contribution in [-0.2, 0) is 33.2 Å². The highest BCUT2D eigenvalue weighted by Gasteiger charge is 2.52. The summed E-state index contributed by atoms with van der Waals surface area (Å²) in [5, 5.41) is 36.3. The molecule has 0 radical (unpaired) electrons. The molecule has 4 rings (SSSR count). The van der Waals surface area contributed by atoms with Crippen molar-refractivity contribution in [3.8, 4) is 5.88 Å². The van der Waals surface area contributed by atoms with Crippen LogP contribution in [0.3, 0.4) is 0 Å². The first-order chi connectivity index (χ1) is 18.0. The Balaban J connectivity index is 1.66. The lowest BCUT2D eigenvalue weighted by atomic mass is 9.93. The average Bonchev–Trinajstić information content (AvgIpc) is 3.18. The van der Waals surface area contributed by atoms with Crippen molar-refractivity contribution in [2.75, 3.05) is 20.3 Å². The van der Waals surface area contributed by atoms with Crippen molar-refractivity contribution in [3.05, 3.63) is 46.6 Å². The lowest BCUT2D eigenvalue weighted by Crippen LogP contribution is -2.64. The Kier molecular flexibility index (Phi) is 8.21. The maximum Gasteiger partial charge on any atom is 0.508 e. The Morgan fingerprint density at radius 3 is 2.42 bits per heavy atom. The van der Waals surface area contributed by atoms with Crippen LogP contribution in [0.4, 0.5) is 18.0 Å². The summed E-state index contributed by atoms with van der Waals surface area (Å²) in [6.45, 7) is 0.710. The molecule has 0 spiro atoms. The molecular weight excluding hydrogens is 513 g/mol. The van der Waals surface area contributed by atoms with Crippen LogP contribution in [0.2, 0.25) is 0 Å². The molecule has 1 aromatic carbocycles. The molecule has 0 amide bonds. The van der Waals surface area contributed by atoms with Crippen LogP contribution in [0.15, 0.2) is 24.3 Å². The molecule has 1 saturated heterocycles. The van der Waals surface area contributed by atoms with Gasteiger partial charge in [-0.3, -0.25) is 4.68 Å². The smallest absolute Gasteiger partial charge is 0.438 e. The van der Waals surface area contributed by atoms with Crippen molar-refractivity contribution in [1.82, 2.24) is 9.78 Å². The molecule has 3 N–H and O–H groups in total. The molecule has 4 atom stereocenters. The average molecular weight is 545 g/mol. The van der Waals surface area contributed by atoms with Crippen LogP contribution >= 0.6 is 0 Å². The zero-order valence-electron chi connectivity index (χ0n) is 21.0. The number of aryl methyl sites for hydroxylation is 1. The van der Waals surface area contributed by atoms with Gasteiger partial charge in [0.05, 0.1) is 18.7 Å². The molecule has 1 saturated carbocycles. The summed E-state index contributed by atoms with van der Waals surface area (Å²) in [7, 11) is 1.08. The van der Waals surface area contributed by atoms with Gasteiger partial charge in [0.2, 0.25) is 5.88 Å². The van der Waals surface area contributed by atoms with E-state index in [0.717, 1.165) is 30.2 Å². The van der Waals surface area contributed by atoms with Crippen molar-refractivity contribution in [3.63, 3.8) is 0 Å². The number of carbonyl (C=O) groups excluding carboxylic acids is 1. The number of aliphatic hydroxyl groups is 3. The van der Waals surface area contributed by atoms with Gasteiger partial charge in [-0.15, -0.1) is 5.10 Å². The summed E-state index contributed by atoms with van der Waals surface area (Å²) in [6.07, 6.45) is -8.58. The first-order valence-corrected chi connectivity index (χ1v) is 12.3. The maximum atomic E-state index is 14.4. The van der Waals surface area contributed by atoms with Crippen molar-refractivity contribution in [1.29, 1.82) is 0 Å². The van der Waals surface area contributed by atoms with Crippen LogP contribution in [0, 0.1) is 0 Å². The molecule has 2 aromatic rings. The molecule has 38 heavy (non-hydrogen) atoms. The zero-order chi connectivity index (χ0) is 27.7. The van der Waals surface area contributed by atoms with E-state index in [0.29, 0.717) is 18.4 Å². The first kappa shape index (κ1) is 28.1. The van der Waals surface area contributed by atoms with Gasteiger partial charge in [0.25, 0.3) is 5.79 Å². The van der Waals surface area contributed by atoms with E-state index in [-0.39, 0.29) is 12.0 Å². The predicted molar refractivity (Wildman–Crippen MR) is 124 cm³/mol. The normalized spacial score (nSPS) is 26.1. The summed E-state index contributed by atoms with van der Waals surface area (Å²) in [5.41, 5.74) is 0.289. The number of alkyl halides is 3. The van der Waals surface area contributed by atoms with Crippen LogP contribution < -0.4 is 4.74 Å². The highest BCUT2D eigenvalue weighted by molar-refractivity contribution is 5.59. The van der Waals surface area contributed by atoms with Crippen LogP contribution in [0.1, 0.15) is 54.6 Å². The van der Waals surface area contributed by atoms with E-state index >= 15 is 0 Å². The fourth-order valence-electron chi connectivity index (χ4n) is 4.48. The molecule has 0 bridgehead atoms. The number of rotatable bonds is 8. The number of hydrogen-bond donors (Lipinski definition) is 3. The maximum absolute atomic E-state index is 14.4. The minimum Gasteiger partial charge on any atom is -0.438 e. The zero-order valence-corrected chi connectivity index (χ0v) is 21.0. The SMILES string of the molecule is CCc1ccc(Cc2c(OC3(O)CO[C@H](COC(=O)OC)C(O)C3O)nn(C3CCC3)c2C(F)(F)F)cc1. The second kappa shape index (κ2) is 11.1. The number of nitrogens with zero attached hydrogens (tertiary/aromatic N) is 2. The number of aromatic nitrogens is 2. The number of halogens is 3. The second-order valence-corrected chi connectivity index (χ2v) is 9.50. The summed E-state index contributed by atoms with van der Waals surface area (Å²) in [6, 6.07) is 6.58. The van der Waals surface area contributed by atoms with Gasteiger partial charge in [-0.05, 0) is 36.8 Å². The highest BCUT2D eigenvalue weighted by Crippen LogP contribution is 2.44. The minimum atomic E-state index is -4.77. The van der Waals surface area contributed by atoms with Gasteiger partial charge in [-0.25, -0.2) is 4.79 Å². The van der Waals surface area contributed by atoms with E-state index in [4.69, 9.17) is 14.2 Å². The lowest BCUT2D eigenvalue weighted by Gasteiger charge is -2.42. The van der Waals surface area contributed by atoms with E-state index in [9.17, 15) is 33.3 Å². The van der Waals surface area contributed by atoms with Gasteiger partial charge in [-0.2, -0.15) is 13.2 Å². The van der Waals surface area contributed by atoms with Gasteiger partial charge in [0.15, 0.2) is 0 Å². The van der Waals surface area contributed by atoms with Gasteiger partial charge >= 0.3 is 12.3 Å². The van der Waals surface area contributed by atoms with Gasteiger partial charge in [-0.1, -0.05) is 31.2 Å². The molecule has 2 heterocycles. The third-order valence-electron chi connectivity index (χ3n) is 6.95. The number of aliphatic hydroxyl groups excluding tert-OH is 2. The van der Waals surface area contributed by atoms with E-state index in [1.165, 1.54) is 0 Å². The number of benzene rings is 1. The molecule has 1 aliphatic heterocycles. The Bertz CT molecular complexity index is 1120. The quantitative estimate of drug-likeness (QED) is 0.339. The standard InChI is InChI=1S/C25H31F3N2O8/c1-3-14-7-9-15(10-8-14)11-17-20(25(26,27)28)30(16-5-4-6-16)29-22(17)38-24(34)13-37-18(19(31)21(24)32)12-36-23(33)35-2/h7-10,16,18-19,21,31-32,34H,3-6,11-13H2,1-2H3/t18-,19?,21?,24?/m1/s1. The summed E-state index contributed by atoms with van der Waals surface area (Å²) in [4.78, 5) is 11.2. The third-order valence-corrected chi connectivity index (χ3v) is 6.95. The van der Waals surface area contributed by atoms with E-state index in [1.807, 2.05) is 19.1 Å². The topological polar surface area (TPSA) is 133 Å². The Hall–Kier alpha value is -2.87. The van der Waals surface area contributed by atoms with Gasteiger partial charge in [0.1, 0.15) is 37.2 Å². The summed E-state index contributed by atoms with van der Waals surface area (Å²) < 4.78 is 63.9. The number of carbonyl (C=O) groups is 1. The monoisotopic (exact) mass is 544 g/mol. The Morgan fingerprint density at radius 2 is 1.87 bits per heavy atom. The molecule has 13 heteroatoms. The molecule has 2 fully saturated rings. The molecular formula is C25H31F3N2O8. The van der Waals surface area contributed by atoms with Gasteiger partial charge in [0, 0.05) is 6.42 Å². The number of hydrogen-bond acceptors (Lipinski definition) is 9. The minimum absolute atomic E-state index is 0.202. The van der Waals surface area contributed by atoms with E-state index in [2.05, 4.69) is 9.84 Å². The van der Waals surface area contributed by atoms with E-state index in [1.54, 1.807) is 12.1 Å². The van der Waals surface area contributed by atoms with Crippen molar-refractivity contribution < 1.29 is 52.2 Å². The number of ether oxygens (including phenoxy) is 4. The van der Waals surface area contributed by atoms with Crippen LogP contribution in [-0.4, -0.2) is 75.7 Å². The molecule has 10 nitrogen and oxygen atoms in total. The Labute approximate surface area is 216 Å². The van der Waals surface area contributed by atoms with Gasteiger partial charge < -0.3 is 34.3 Å². The lowest BCUT2D eigenvalue weighted by molar-refractivity contribution is -0.308. The van der Waals surface area contributed by atoms with Crippen LogP contribution in [0.25, 0.3) is 0 Å². The third kappa shape index (κ3) is 5.75. The predicted octanol–water partition coefficient (Wildman–Crippen LogP) is 2.75. The largest absolute Gasteiger partial charge is 0.508 e. The molecule has 1 aromatic heterocycles. The Morgan fingerprint density at radius 1 is 1.21 bits per heavy atom.